The van der Waals surface area contributed by atoms with Crippen molar-refractivity contribution in [2.24, 2.45) is 0 Å². The molecule has 0 amide bonds. The lowest BCUT2D eigenvalue weighted by Gasteiger charge is -2.34. The van der Waals surface area contributed by atoms with Gasteiger partial charge in [-0.1, -0.05) is 200 Å². The maximum Gasteiger partial charge on any atom is 0.164 e. The van der Waals surface area contributed by atoms with Crippen LogP contribution in [0.3, 0.4) is 0 Å². The SMILES string of the molecule is c1ccc(-c2nc(-c3cccc(C4(c5ccccc5)c5ccccc5-c5ccccc54)c3)nc(-c3cc4c5ccccc5c5ccccc5c4c4ccccc34)n2)cc1. The largest absolute Gasteiger partial charge is 0.208 e. The van der Waals surface area contributed by atoms with E-state index in [2.05, 4.69) is 194 Å². The molecule has 11 aromatic rings. The van der Waals surface area contributed by atoms with Crippen LogP contribution in [0.5, 0.6) is 0 Å². The van der Waals surface area contributed by atoms with Gasteiger partial charge in [0, 0.05) is 16.7 Å². The summed E-state index contributed by atoms with van der Waals surface area (Å²) in [4.78, 5) is 16.0. The van der Waals surface area contributed by atoms with Crippen molar-refractivity contribution < 1.29 is 0 Å². The van der Waals surface area contributed by atoms with E-state index in [-0.39, 0.29) is 0 Å². The first-order chi connectivity index (χ1) is 29.3. The molecule has 0 unspecified atom stereocenters. The molecule has 0 atom stereocenters. The Labute approximate surface area is 342 Å². The van der Waals surface area contributed by atoms with Crippen molar-refractivity contribution in [3.63, 3.8) is 0 Å². The lowest BCUT2D eigenvalue weighted by Crippen LogP contribution is -2.28. The van der Waals surface area contributed by atoms with Gasteiger partial charge in [-0.05, 0) is 88.6 Å². The summed E-state index contributed by atoms with van der Waals surface area (Å²) in [5.74, 6) is 1.91. The van der Waals surface area contributed by atoms with E-state index in [0.29, 0.717) is 17.5 Å². The van der Waals surface area contributed by atoms with Crippen molar-refractivity contribution >= 4 is 43.1 Å². The highest BCUT2D eigenvalue weighted by atomic mass is 15.0. The minimum atomic E-state index is -0.541. The number of hydrogen-bond donors (Lipinski definition) is 0. The Morgan fingerprint density at radius 1 is 0.271 bits per heavy atom. The molecular formula is C56H35N3. The summed E-state index contributed by atoms with van der Waals surface area (Å²) < 4.78 is 0. The van der Waals surface area contributed by atoms with Gasteiger partial charge in [0.1, 0.15) is 0 Å². The van der Waals surface area contributed by atoms with Gasteiger partial charge >= 0.3 is 0 Å². The summed E-state index contributed by atoms with van der Waals surface area (Å²) in [6.07, 6.45) is 0. The van der Waals surface area contributed by atoms with Crippen molar-refractivity contribution in [1.29, 1.82) is 0 Å². The monoisotopic (exact) mass is 749 g/mol. The first-order valence-corrected chi connectivity index (χ1v) is 20.2. The zero-order valence-electron chi connectivity index (χ0n) is 32.0. The maximum atomic E-state index is 5.43. The van der Waals surface area contributed by atoms with Crippen LogP contribution in [0.15, 0.2) is 212 Å². The average molecular weight is 750 g/mol. The second kappa shape index (κ2) is 13.2. The highest BCUT2D eigenvalue weighted by molar-refractivity contribution is 6.32. The van der Waals surface area contributed by atoms with E-state index in [0.717, 1.165) is 27.6 Å². The van der Waals surface area contributed by atoms with Crippen LogP contribution in [0.2, 0.25) is 0 Å². The maximum absolute atomic E-state index is 5.43. The number of rotatable bonds is 5. The minimum absolute atomic E-state index is 0.541. The highest BCUT2D eigenvalue weighted by Crippen LogP contribution is 2.56. The Balaban J connectivity index is 1.14. The summed E-state index contributed by atoms with van der Waals surface area (Å²) >= 11 is 0. The lowest BCUT2D eigenvalue weighted by atomic mass is 9.67. The van der Waals surface area contributed by atoms with E-state index in [9.17, 15) is 0 Å². The fraction of sp³-hybridized carbons (Fsp3) is 0.0179. The Morgan fingerprint density at radius 3 is 1.37 bits per heavy atom. The van der Waals surface area contributed by atoms with Crippen molar-refractivity contribution in [3.8, 4) is 45.3 Å². The molecule has 1 aromatic heterocycles. The van der Waals surface area contributed by atoms with Gasteiger partial charge in [0.05, 0.1) is 5.41 Å². The van der Waals surface area contributed by atoms with E-state index in [1.807, 2.05) is 18.2 Å². The fourth-order valence-electron chi connectivity index (χ4n) is 9.90. The van der Waals surface area contributed by atoms with Crippen molar-refractivity contribution in [3.05, 3.63) is 235 Å². The van der Waals surface area contributed by atoms with E-state index < -0.39 is 5.41 Å². The quantitative estimate of drug-likeness (QED) is 0.165. The van der Waals surface area contributed by atoms with E-state index in [1.54, 1.807) is 0 Å². The average Bonchev–Trinajstić information content (AvgIpc) is 3.63. The molecule has 0 aliphatic heterocycles. The normalized spacial score (nSPS) is 12.9. The molecule has 0 radical (unpaired) electrons. The predicted octanol–water partition coefficient (Wildman–Crippen LogP) is 13.8. The van der Waals surface area contributed by atoms with Gasteiger partial charge in [-0.2, -0.15) is 0 Å². The molecule has 0 saturated carbocycles. The molecule has 0 saturated heterocycles. The fourth-order valence-corrected chi connectivity index (χ4v) is 9.90. The number of fused-ring (bicyclic) bond motifs is 11. The number of benzene rings is 10. The molecular weight excluding hydrogens is 715 g/mol. The van der Waals surface area contributed by atoms with Crippen molar-refractivity contribution in [1.82, 2.24) is 15.0 Å². The first-order valence-electron chi connectivity index (χ1n) is 20.2. The summed E-state index contributed by atoms with van der Waals surface area (Å²) in [6, 6.07) is 76.3. The molecule has 0 fully saturated rings. The third-order valence-electron chi connectivity index (χ3n) is 12.4. The number of aromatic nitrogens is 3. The van der Waals surface area contributed by atoms with Crippen LogP contribution >= 0.6 is 0 Å². The van der Waals surface area contributed by atoms with Crippen LogP contribution < -0.4 is 0 Å². The Kier molecular flexibility index (Phi) is 7.45. The van der Waals surface area contributed by atoms with Crippen LogP contribution in [0.1, 0.15) is 22.3 Å². The topological polar surface area (TPSA) is 38.7 Å². The van der Waals surface area contributed by atoms with Crippen molar-refractivity contribution in [2.45, 2.75) is 5.41 Å². The smallest absolute Gasteiger partial charge is 0.164 e. The van der Waals surface area contributed by atoms with Gasteiger partial charge in [-0.3, -0.25) is 0 Å². The third kappa shape index (κ3) is 4.98. The van der Waals surface area contributed by atoms with Gasteiger partial charge in [0.2, 0.25) is 0 Å². The molecule has 274 valence electrons. The van der Waals surface area contributed by atoms with Crippen LogP contribution in [-0.4, -0.2) is 15.0 Å². The molecule has 0 bridgehead atoms. The molecule has 12 rings (SSSR count). The molecule has 10 aromatic carbocycles. The Bertz CT molecular complexity index is 3400. The molecule has 59 heavy (non-hydrogen) atoms. The highest BCUT2D eigenvalue weighted by Gasteiger charge is 2.46. The standard InChI is InChI=1S/C56H35N3/c1-3-18-36(19-4-1)53-57-54(37-20-17-23-39(34-37)56(38-21-5-2-6-22-38)50-32-15-13-28-44(50)45-29-14-16-33-51(45)56)59-55(58-53)49-35-48-42-26-8-7-24-40(42)41-25-9-11-30-46(41)52(48)47-31-12-10-27-43(47)49/h1-35H. The Hall–Kier alpha value is -7.75. The molecule has 0 N–H and O–H groups in total. The third-order valence-corrected chi connectivity index (χ3v) is 12.4. The summed E-state index contributed by atoms with van der Waals surface area (Å²) in [7, 11) is 0. The van der Waals surface area contributed by atoms with Gasteiger partial charge in [0.25, 0.3) is 0 Å². The summed E-state index contributed by atoms with van der Waals surface area (Å²) in [5.41, 5.74) is 9.75. The summed E-state index contributed by atoms with van der Waals surface area (Å²) in [6.45, 7) is 0. The lowest BCUT2D eigenvalue weighted by molar-refractivity contribution is 0.768. The molecule has 1 aliphatic carbocycles. The summed E-state index contributed by atoms with van der Waals surface area (Å²) in [5, 5.41) is 9.64. The number of hydrogen-bond acceptors (Lipinski definition) is 3. The van der Waals surface area contributed by atoms with Crippen LogP contribution in [-0.2, 0) is 5.41 Å². The van der Waals surface area contributed by atoms with Crippen LogP contribution in [0.4, 0.5) is 0 Å². The minimum Gasteiger partial charge on any atom is -0.208 e. The van der Waals surface area contributed by atoms with Gasteiger partial charge < -0.3 is 0 Å². The second-order valence-corrected chi connectivity index (χ2v) is 15.4. The molecule has 0 spiro atoms. The van der Waals surface area contributed by atoms with E-state index >= 15 is 0 Å². The second-order valence-electron chi connectivity index (χ2n) is 15.4. The van der Waals surface area contributed by atoms with Gasteiger partial charge in [-0.15, -0.1) is 0 Å². The predicted molar refractivity (Wildman–Crippen MR) is 243 cm³/mol. The molecule has 1 aliphatic rings. The van der Waals surface area contributed by atoms with Gasteiger partial charge in [0.15, 0.2) is 17.5 Å². The zero-order chi connectivity index (χ0) is 38.9. The number of nitrogens with zero attached hydrogens (tertiary/aromatic N) is 3. The molecule has 3 heteroatoms. The first kappa shape index (κ1) is 33.4. The van der Waals surface area contributed by atoms with Crippen molar-refractivity contribution in [2.75, 3.05) is 0 Å². The Morgan fingerprint density at radius 2 is 0.712 bits per heavy atom. The zero-order valence-corrected chi connectivity index (χ0v) is 32.0. The van der Waals surface area contributed by atoms with Crippen LogP contribution in [0, 0.1) is 0 Å². The molecule has 3 nitrogen and oxygen atoms in total. The molecule has 1 heterocycles. The van der Waals surface area contributed by atoms with Gasteiger partial charge in [-0.25, -0.2) is 15.0 Å². The van der Waals surface area contributed by atoms with Crippen LogP contribution in [0.25, 0.3) is 88.4 Å². The van der Waals surface area contributed by atoms with E-state index in [4.69, 9.17) is 15.0 Å². The van der Waals surface area contributed by atoms with E-state index in [1.165, 1.54) is 65.5 Å².